The van der Waals surface area contributed by atoms with Crippen LogP contribution in [0.2, 0.25) is 0 Å². The lowest BCUT2D eigenvalue weighted by molar-refractivity contribution is 0.109. The van der Waals surface area contributed by atoms with Crippen molar-refractivity contribution in [3.63, 3.8) is 0 Å². The predicted molar refractivity (Wildman–Crippen MR) is 109 cm³/mol. The van der Waals surface area contributed by atoms with Gasteiger partial charge in [0.15, 0.2) is 0 Å². The lowest BCUT2D eigenvalue weighted by Gasteiger charge is -2.10. The normalized spacial score (nSPS) is 12.8. The Labute approximate surface area is 158 Å². The zero-order chi connectivity index (χ0) is 19.0. The van der Waals surface area contributed by atoms with Crippen LogP contribution >= 0.6 is 0 Å². The van der Waals surface area contributed by atoms with Gasteiger partial charge in [-0.25, -0.2) is 0 Å². The second-order valence-electron chi connectivity index (χ2n) is 5.82. The molecule has 4 nitrogen and oxygen atoms in total. The molecule has 26 heavy (non-hydrogen) atoms. The number of rotatable bonds is 4. The van der Waals surface area contributed by atoms with Crippen molar-refractivity contribution in [1.82, 2.24) is 5.32 Å². The molecule has 0 atom stereocenters. The molecule has 2 aromatic rings. The van der Waals surface area contributed by atoms with Gasteiger partial charge in [0.05, 0.1) is 27.4 Å². The molecule has 0 saturated carbocycles. The van der Waals surface area contributed by atoms with Crippen molar-refractivity contribution >= 4 is 0 Å². The third-order valence-corrected chi connectivity index (χ3v) is 3.84. The van der Waals surface area contributed by atoms with Crippen molar-refractivity contribution in [2.45, 2.75) is 26.7 Å². The molecule has 1 fully saturated rings. The first-order valence-electron chi connectivity index (χ1n) is 9.32. The minimum absolute atomic E-state index is 0.867. The first kappa shape index (κ1) is 22.0. The molecule has 1 N–H and O–H groups in total. The number of nitrogens with one attached hydrogen (secondary N) is 1. The Morgan fingerprint density at radius 1 is 0.808 bits per heavy atom. The Morgan fingerprint density at radius 3 is 1.85 bits per heavy atom. The molecule has 0 radical (unpaired) electrons. The van der Waals surface area contributed by atoms with Crippen LogP contribution in [0.3, 0.4) is 0 Å². The van der Waals surface area contributed by atoms with E-state index in [4.69, 9.17) is 14.2 Å². The van der Waals surface area contributed by atoms with E-state index in [1.807, 2.05) is 42.5 Å². The summed E-state index contributed by atoms with van der Waals surface area (Å²) in [7, 11) is 3.34. The third kappa shape index (κ3) is 8.88. The van der Waals surface area contributed by atoms with Crippen LogP contribution in [0, 0.1) is 0 Å². The van der Waals surface area contributed by atoms with E-state index in [0.717, 1.165) is 48.9 Å². The van der Waals surface area contributed by atoms with Crippen molar-refractivity contribution < 1.29 is 14.2 Å². The van der Waals surface area contributed by atoms with Crippen LogP contribution in [0.4, 0.5) is 0 Å². The maximum Gasteiger partial charge on any atom is 0.119 e. The molecule has 0 amide bonds. The maximum atomic E-state index is 5.20. The molecule has 0 bridgehead atoms. The van der Waals surface area contributed by atoms with Gasteiger partial charge in [-0.1, -0.05) is 51.0 Å². The van der Waals surface area contributed by atoms with Crippen molar-refractivity contribution in [3.05, 3.63) is 48.5 Å². The Balaban J connectivity index is 0.000000278. The van der Waals surface area contributed by atoms with Crippen LogP contribution in [0.25, 0.3) is 11.1 Å². The number of ether oxygens (including phenoxy) is 3. The van der Waals surface area contributed by atoms with E-state index in [1.165, 1.54) is 12.8 Å². The van der Waals surface area contributed by atoms with Gasteiger partial charge in [0, 0.05) is 13.1 Å². The van der Waals surface area contributed by atoms with Crippen LogP contribution in [-0.2, 0) is 4.74 Å². The fourth-order valence-electron chi connectivity index (χ4n) is 2.10. The van der Waals surface area contributed by atoms with Crippen LogP contribution < -0.4 is 14.8 Å². The van der Waals surface area contributed by atoms with Gasteiger partial charge in [0.25, 0.3) is 0 Å². The molecule has 1 saturated heterocycles. The largest absolute Gasteiger partial charge is 0.497 e. The summed E-state index contributed by atoms with van der Waals surface area (Å²) in [5, 5.41) is 3.16. The molecule has 1 aliphatic heterocycles. The number of unbranched alkanes of at least 4 members (excludes halogenated alkanes) is 1. The summed E-state index contributed by atoms with van der Waals surface area (Å²) in [4.78, 5) is 0. The Kier molecular flexibility index (Phi) is 12.0. The Bertz CT molecular complexity index is 567. The standard InChI is InChI=1S/C14H14O2.C4H9NO.C4H10/c1-15-13-8-6-11(7-9-13)12-4-3-5-14(10-12)16-2;1-3-6-4-2-5-1;1-3-4-2/h3-10H,1-2H3;5H,1-4H2;3-4H2,1-2H3. The van der Waals surface area contributed by atoms with E-state index in [2.05, 4.69) is 25.2 Å². The van der Waals surface area contributed by atoms with Crippen LogP contribution in [0.1, 0.15) is 26.7 Å². The van der Waals surface area contributed by atoms with Gasteiger partial charge < -0.3 is 19.5 Å². The average molecular weight is 360 g/mol. The van der Waals surface area contributed by atoms with E-state index in [-0.39, 0.29) is 0 Å². The van der Waals surface area contributed by atoms with E-state index in [0.29, 0.717) is 0 Å². The van der Waals surface area contributed by atoms with Gasteiger partial charge in [-0.15, -0.1) is 0 Å². The summed E-state index contributed by atoms with van der Waals surface area (Å²) in [6, 6.07) is 16.0. The highest BCUT2D eigenvalue weighted by Crippen LogP contribution is 2.25. The summed E-state index contributed by atoms with van der Waals surface area (Å²) < 4.78 is 15.3. The SMILES string of the molecule is C1COCCN1.CCCC.COc1ccc(-c2cccc(OC)c2)cc1. The lowest BCUT2D eigenvalue weighted by atomic mass is 10.1. The summed E-state index contributed by atoms with van der Waals surface area (Å²) in [6.07, 6.45) is 2.64. The van der Waals surface area contributed by atoms with E-state index in [1.54, 1.807) is 14.2 Å². The molecule has 0 aliphatic carbocycles. The summed E-state index contributed by atoms with van der Waals surface area (Å²) in [5.74, 6) is 1.74. The summed E-state index contributed by atoms with van der Waals surface area (Å²) in [5.41, 5.74) is 2.29. The third-order valence-electron chi connectivity index (χ3n) is 3.84. The van der Waals surface area contributed by atoms with Gasteiger partial charge in [0.1, 0.15) is 11.5 Å². The average Bonchev–Trinajstić information content (AvgIpc) is 2.75. The maximum absolute atomic E-state index is 5.20. The highest BCUT2D eigenvalue weighted by atomic mass is 16.5. The topological polar surface area (TPSA) is 39.7 Å². The van der Waals surface area contributed by atoms with E-state index < -0.39 is 0 Å². The molecule has 144 valence electrons. The molecule has 0 aromatic heterocycles. The number of hydrogen-bond donors (Lipinski definition) is 1. The number of methoxy groups -OCH3 is 2. The molecule has 0 unspecified atom stereocenters. The predicted octanol–water partition coefficient (Wildman–Crippen LogP) is 4.78. The van der Waals surface area contributed by atoms with Crippen molar-refractivity contribution in [2.75, 3.05) is 40.5 Å². The molecule has 4 heteroatoms. The number of hydrogen-bond acceptors (Lipinski definition) is 4. The first-order valence-corrected chi connectivity index (χ1v) is 9.32. The number of morpholine rings is 1. The van der Waals surface area contributed by atoms with Gasteiger partial charge in [-0.3, -0.25) is 0 Å². The molecular weight excluding hydrogens is 326 g/mol. The zero-order valence-electron chi connectivity index (χ0n) is 16.6. The second kappa shape index (κ2) is 14.2. The van der Waals surface area contributed by atoms with Crippen molar-refractivity contribution in [2.24, 2.45) is 0 Å². The Morgan fingerprint density at radius 2 is 1.42 bits per heavy atom. The van der Waals surface area contributed by atoms with Crippen molar-refractivity contribution in [3.8, 4) is 22.6 Å². The molecular formula is C22H33NO3. The Hall–Kier alpha value is -2.04. The zero-order valence-corrected chi connectivity index (χ0v) is 16.6. The van der Waals surface area contributed by atoms with Gasteiger partial charge in [-0.2, -0.15) is 0 Å². The van der Waals surface area contributed by atoms with Crippen LogP contribution in [0.15, 0.2) is 48.5 Å². The van der Waals surface area contributed by atoms with Gasteiger partial charge in [-0.05, 0) is 35.4 Å². The summed E-state index contributed by atoms with van der Waals surface area (Å²) in [6.45, 7) is 8.19. The lowest BCUT2D eigenvalue weighted by Crippen LogP contribution is -2.30. The molecule has 1 heterocycles. The van der Waals surface area contributed by atoms with E-state index in [9.17, 15) is 0 Å². The fraction of sp³-hybridized carbons (Fsp3) is 0.455. The first-order chi connectivity index (χ1) is 12.7. The van der Waals surface area contributed by atoms with Gasteiger partial charge in [0.2, 0.25) is 0 Å². The van der Waals surface area contributed by atoms with E-state index >= 15 is 0 Å². The smallest absolute Gasteiger partial charge is 0.119 e. The minimum atomic E-state index is 0.867. The van der Waals surface area contributed by atoms with Gasteiger partial charge >= 0.3 is 0 Å². The minimum Gasteiger partial charge on any atom is -0.497 e. The van der Waals surface area contributed by atoms with Crippen LogP contribution in [0.5, 0.6) is 11.5 Å². The van der Waals surface area contributed by atoms with Crippen LogP contribution in [-0.4, -0.2) is 40.5 Å². The molecule has 3 rings (SSSR count). The molecule has 1 aliphatic rings. The highest BCUT2D eigenvalue weighted by molar-refractivity contribution is 5.65. The van der Waals surface area contributed by atoms with Crippen molar-refractivity contribution in [1.29, 1.82) is 0 Å². The fourth-order valence-corrected chi connectivity index (χ4v) is 2.10. The quantitative estimate of drug-likeness (QED) is 0.852. The highest BCUT2D eigenvalue weighted by Gasteiger charge is 1.99. The number of benzene rings is 2. The molecule has 0 spiro atoms. The monoisotopic (exact) mass is 359 g/mol. The summed E-state index contributed by atoms with van der Waals surface area (Å²) >= 11 is 0. The second-order valence-corrected chi connectivity index (χ2v) is 5.82. The molecule has 2 aromatic carbocycles.